The van der Waals surface area contributed by atoms with Crippen LogP contribution in [0.25, 0.3) is 0 Å². The van der Waals surface area contributed by atoms with Gasteiger partial charge in [0.2, 0.25) is 0 Å². The Morgan fingerprint density at radius 3 is 2.63 bits per heavy atom. The average molecular weight is 280 g/mol. The van der Waals surface area contributed by atoms with Gasteiger partial charge in [-0.15, -0.1) is 0 Å². The van der Waals surface area contributed by atoms with Crippen molar-refractivity contribution in [2.45, 2.75) is 37.5 Å². The van der Waals surface area contributed by atoms with Gasteiger partial charge in [-0.2, -0.15) is 13.2 Å². The van der Waals surface area contributed by atoms with Crippen LogP contribution >= 0.6 is 0 Å². The molecule has 0 aromatic heterocycles. The van der Waals surface area contributed by atoms with E-state index in [-0.39, 0.29) is 12.6 Å². The van der Waals surface area contributed by atoms with Gasteiger partial charge >= 0.3 is 6.18 Å². The number of likely N-dealkylation sites (tertiary alicyclic amines) is 1. The number of nitrogens with zero attached hydrogens (tertiary/aromatic N) is 2. The Balaban J connectivity index is 1.82. The highest BCUT2D eigenvalue weighted by atomic mass is 19.4. The van der Waals surface area contributed by atoms with Crippen LogP contribution in [0.15, 0.2) is 5.16 Å². The summed E-state index contributed by atoms with van der Waals surface area (Å²) in [5, 5.41) is 13.8. The number of halogens is 3. The van der Waals surface area contributed by atoms with E-state index >= 15 is 0 Å². The van der Waals surface area contributed by atoms with Gasteiger partial charge in [-0.05, 0) is 19.3 Å². The summed E-state index contributed by atoms with van der Waals surface area (Å²) in [5.41, 5.74) is 5.10. The van der Waals surface area contributed by atoms with Crippen molar-refractivity contribution in [2.75, 3.05) is 19.6 Å². The Bertz CT molecular complexity index is 343. The number of hydrogen-bond acceptors (Lipinski definition) is 4. The Morgan fingerprint density at radius 2 is 2.11 bits per heavy atom. The van der Waals surface area contributed by atoms with Crippen LogP contribution in [0.2, 0.25) is 0 Å². The van der Waals surface area contributed by atoms with Gasteiger partial charge in [0.25, 0.3) is 0 Å². The zero-order valence-corrected chi connectivity index (χ0v) is 10.5. The third-order valence-electron chi connectivity index (χ3n) is 3.76. The van der Waals surface area contributed by atoms with Crippen molar-refractivity contribution in [1.82, 2.24) is 10.2 Å². The number of nitrogens with one attached hydrogen (secondary N) is 1. The maximum absolute atomic E-state index is 12.7. The third-order valence-corrected chi connectivity index (χ3v) is 3.76. The van der Waals surface area contributed by atoms with E-state index in [1.807, 2.05) is 0 Å². The number of rotatable bonds is 5. The number of alkyl halides is 3. The molecule has 5 nitrogen and oxygen atoms in total. The molecule has 1 saturated carbocycles. The minimum absolute atomic E-state index is 0.0527. The molecule has 1 aliphatic heterocycles. The molecule has 2 rings (SSSR count). The molecule has 0 aromatic rings. The monoisotopic (exact) mass is 280 g/mol. The van der Waals surface area contributed by atoms with Gasteiger partial charge in [-0.3, -0.25) is 4.90 Å². The molecule has 4 N–H and O–H groups in total. The van der Waals surface area contributed by atoms with Crippen molar-refractivity contribution in [3.05, 3.63) is 0 Å². The summed E-state index contributed by atoms with van der Waals surface area (Å²) >= 11 is 0. The highest BCUT2D eigenvalue weighted by Gasteiger charge is 2.43. The van der Waals surface area contributed by atoms with Crippen molar-refractivity contribution in [3.63, 3.8) is 0 Å². The van der Waals surface area contributed by atoms with Crippen molar-refractivity contribution in [1.29, 1.82) is 0 Å². The molecule has 110 valence electrons. The first kappa shape index (κ1) is 14.4. The van der Waals surface area contributed by atoms with E-state index in [4.69, 9.17) is 10.9 Å². The van der Waals surface area contributed by atoms with Crippen molar-refractivity contribution < 1.29 is 18.4 Å². The van der Waals surface area contributed by atoms with Crippen LogP contribution in [0.1, 0.15) is 19.3 Å². The summed E-state index contributed by atoms with van der Waals surface area (Å²) in [5.74, 6) is -2.73. The minimum atomic E-state index is -4.50. The first-order chi connectivity index (χ1) is 8.91. The predicted octanol–water partition coefficient (Wildman–Crippen LogP) is 0.738. The predicted molar refractivity (Wildman–Crippen MR) is 64.0 cm³/mol. The van der Waals surface area contributed by atoms with Gasteiger partial charge in [0.1, 0.15) is 5.92 Å². The van der Waals surface area contributed by atoms with Gasteiger partial charge in [-0.1, -0.05) is 5.16 Å². The van der Waals surface area contributed by atoms with Crippen LogP contribution < -0.4 is 11.1 Å². The van der Waals surface area contributed by atoms with Crippen molar-refractivity contribution in [2.24, 2.45) is 16.8 Å². The van der Waals surface area contributed by atoms with Gasteiger partial charge in [0, 0.05) is 31.7 Å². The molecular formula is C11H19F3N4O. The Labute approximate surface area is 109 Å². The van der Waals surface area contributed by atoms with Gasteiger partial charge in [0.05, 0.1) is 0 Å². The van der Waals surface area contributed by atoms with Crippen LogP contribution in [0, 0.1) is 5.92 Å². The van der Waals surface area contributed by atoms with E-state index in [0.717, 1.165) is 19.5 Å². The van der Waals surface area contributed by atoms with E-state index in [2.05, 4.69) is 15.4 Å². The molecule has 8 heteroatoms. The second-order valence-corrected chi connectivity index (χ2v) is 5.24. The zero-order chi connectivity index (χ0) is 14.0. The molecule has 2 atom stereocenters. The minimum Gasteiger partial charge on any atom is -0.409 e. The number of amidine groups is 1. The summed E-state index contributed by atoms with van der Waals surface area (Å²) in [6.45, 7) is 1.37. The fraction of sp³-hybridized carbons (Fsp3) is 0.909. The maximum Gasteiger partial charge on any atom is 0.400 e. The van der Waals surface area contributed by atoms with E-state index in [1.54, 1.807) is 0 Å². The Kier molecular flexibility index (Phi) is 4.19. The molecule has 1 heterocycles. The smallest absolute Gasteiger partial charge is 0.400 e. The molecule has 1 saturated heterocycles. The number of oxime groups is 1. The molecule has 0 radical (unpaired) electrons. The van der Waals surface area contributed by atoms with Crippen LogP contribution in [0.5, 0.6) is 0 Å². The normalized spacial score (nSPS) is 27.7. The molecule has 2 aliphatic rings. The molecular weight excluding hydrogens is 261 g/mol. The van der Waals surface area contributed by atoms with Gasteiger partial charge in [0.15, 0.2) is 5.84 Å². The molecule has 1 aliphatic carbocycles. The summed E-state index contributed by atoms with van der Waals surface area (Å²) in [4.78, 5) is 2.31. The quantitative estimate of drug-likeness (QED) is 0.300. The lowest BCUT2D eigenvalue weighted by Gasteiger charge is -2.22. The number of nitrogens with two attached hydrogens (primary N) is 1. The fourth-order valence-electron chi connectivity index (χ4n) is 2.47. The van der Waals surface area contributed by atoms with Gasteiger partial charge in [-0.25, -0.2) is 0 Å². The van der Waals surface area contributed by atoms with Crippen molar-refractivity contribution >= 4 is 5.84 Å². The van der Waals surface area contributed by atoms with E-state index in [9.17, 15) is 13.2 Å². The lowest BCUT2D eigenvalue weighted by molar-refractivity contribution is -0.155. The van der Waals surface area contributed by atoms with Crippen LogP contribution in [0.3, 0.4) is 0 Å². The molecule has 2 unspecified atom stereocenters. The van der Waals surface area contributed by atoms with Crippen LogP contribution in [-0.4, -0.2) is 53.8 Å². The first-order valence-corrected chi connectivity index (χ1v) is 6.43. The average Bonchev–Trinajstić information content (AvgIpc) is 3.08. The molecule has 0 aromatic carbocycles. The second kappa shape index (κ2) is 5.54. The van der Waals surface area contributed by atoms with Crippen molar-refractivity contribution in [3.8, 4) is 0 Å². The summed E-state index contributed by atoms with van der Waals surface area (Å²) in [7, 11) is 0. The molecule has 2 fully saturated rings. The number of hydrogen-bond donors (Lipinski definition) is 3. The second-order valence-electron chi connectivity index (χ2n) is 5.24. The molecule has 0 amide bonds. The first-order valence-electron chi connectivity index (χ1n) is 6.43. The standard InChI is InChI=1S/C11H19F3N4O/c12-11(13,14)9(10(15)17-19)5-16-7-3-4-18(6-7)8-1-2-8/h7-9,16,19H,1-6H2,(H2,15,17). The van der Waals surface area contributed by atoms with Gasteiger partial charge < -0.3 is 16.3 Å². The third kappa shape index (κ3) is 3.73. The van der Waals surface area contributed by atoms with E-state index < -0.39 is 17.9 Å². The Hall–Kier alpha value is -1.02. The molecule has 0 bridgehead atoms. The molecule has 0 spiro atoms. The van der Waals surface area contributed by atoms with Crippen LogP contribution in [0.4, 0.5) is 13.2 Å². The largest absolute Gasteiger partial charge is 0.409 e. The highest BCUT2D eigenvalue weighted by molar-refractivity contribution is 5.83. The summed E-state index contributed by atoms with van der Waals surface area (Å²) < 4.78 is 38.2. The zero-order valence-electron chi connectivity index (χ0n) is 10.5. The van der Waals surface area contributed by atoms with E-state index in [0.29, 0.717) is 6.04 Å². The van der Waals surface area contributed by atoms with E-state index in [1.165, 1.54) is 12.8 Å². The lowest BCUT2D eigenvalue weighted by Crippen LogP contribution is -2.46. The Morgan fingerprint density at radius 1 is 1.42 bits per heavy atom. The SMILES string of the molecule is NC(=NO)C(CNC1CCN(C2CC2)C1)C(F)(F)F. The highest BCUT2D eigenvalue weighted by Crippen LogP contribution is 2.30. The summed E-state index contributed by atoms with van der Waals surface area (Å²) in [6.07, 6.45) is -1.26. The fourth-order valence-corrected chi connectivity index (χ4v) is 2.47. The molecule has 19 heavy (non-hydrogen) atoms. The van der Waals surface area contributed by atoms with Crippen LogP contribution in [-0.2, 0) is 0 Å². The maximum atomic E-state index is 12.7. The lowest BCUT2D eigenvalue weighted by atomic mass is 10.1. The summed E-state index contributed by atoms with van der Waals surface area (Å²) in [6, 6.07) is 0.686. The topological polar surface area (TPSA) is 73.9 Å².